The van der Waals surface area contributed by atoms with Crippen LogP contribution in [0.4, 0.5) is 0 Å². The van der Waals surface area contributed by atoms with E-state index >= 15 is 0 Å². The second-order valence-corrected chi connectivity index (χ2v) is 9.34. The van der Waals surface area contributed by atoms with E-state index in [-0.39, 0.29) is 0 Å². The zero-order valence-electron chi connectivity index (χ0n) is 18.0. The van der Waals surface area contributed by atoms with Crippen LogP contribution < -0.4 is 4.74 Å². The highest BCUT2D eigenvalue weighted by molar-refractivity contribution is 7.09. The highest BCUT2D eigenvalue weighted by Crippen LogP contribution is 2.22. The monoisotopic (exact) mass is 417 g/mol. The van der Waals surface area contributed by atoms with Gasteiger partial charge >= 0.3 is 0 Å². The summed E-state index contributed by atoms with van der Waals surface area (Å²) in [5, 5.41) is 13.6. The van der Waals surface area contributed by atoms with Gasteiger partial charge in [-0.15, -0.1) is 11.3 Å². The first-order valence-electron chi connectivity index (χ1n) is 10.7. The largest absolute Gasteiger partial charge is 0.491 e. The molecule has 1 saturated carbocycles. The number of thiazole rings is 1. The van der Waals surface area contributed by atoms with Crippen molar-refractivity contribution in [2.24, 2.45) is 0 Å². The normalized spacial score (nSPS) is 16.5. The minimum Gasteiger partial charge on any atom is -0.491 e. The lowest BCUT2D eigenvalue weighted by atomic mass is 9.94. The van der Waals surface area contributed by atoms with E-state index in [1.807, 2.05) is 19.1 Å². The quantitative estimate of drug-likeness (QED) is 0.631. The van der Waals surface area contributed by atoms with Crippen LogP contribution >= 0.6 is 11.3 Å². The molecule has 1 fully saturated rings. The molecule has 1 atom stereocenters. The van der Waals surface area contributed by atoms with Crippen molar-refractivity contribution in [3.63, 3.8) is 0 Å². The van der Waals surface area contributed by atoms with Crippen LogP contribution in [0.2, 0.25) is 0 Å². The van der Waals surface area contributed by atoms with Crippen LogP contribution in [-0.2, 0) is 13.1 Å². The van der Waals surface area contributed by atoms with Crippen LogP contribution in [0.25, 0.3) is 0 Å². The van der Waals surface area contributed by atoms with Gasteiger partial charge in [-0.25, -0.2) is 4.98 Å². The molecule has 2 aromatic rings. The third kappa shape index (κ3) is 7.37. The van der Waals surface area contributed by atoms with Crippen LogP contribution in [-0.4, -0.2) is 59.3 Å². The maximum absolute atomic E-state index is 10.4. The maximum Gasteiger partial charge on any atom is 0.119 e. The molecule has 0 amide bonds. The molecule has 1 N–H and O–H groups in total. The summed E-state index contributed by atoms with van der Waals surface area (Å²) in [6, 6.07) is 8.78. The molecule has 160 valence electrons. The van der Waals surface area contributed by atoms with Gasteiger partial charge in [-0.1, -0.05) is 31.4 Å². The number of benzene rings is 1. The van der Waals surface area contributed by atoms with Crippen molar-refractivity contribution in [1.29, 1.82) is 0 Å². The van der Waals surface area contributed by atoms with Gasteiger partial charge in [0.05, 0.1) is 6.54 Å². The fourth-order valence-electron chi connectivity index (χ4n) is 4.06. The summed E-state index contributed by atoms with van der Waals surface area (Å²) >= 11 is 1.71. The predicted molar refractivity (Wildman–Crippen MR) is 119 cm³/mol. The molecule has 1 heterocycles. The lowest BCUT2D eigenvalue weighted by molar-refractivity contribution is 0.0561. The summed E-state index contributed by atoms with van der Waals surface area (Å²) in [6.07, 6.45) is 6.00. The number of rotatable bonds is 10. The Hall–Kier alpha value is -1.47. The molecule has 1 aromatic carbocycles. The van der Waals surface area contributed by atoms with Crippen LogP contribution in [0, 0.1) is 6.92 Å². The predicted octanol–water partition coefficient (Wildman–Crippen LogP) is 4.09. The fraction of sp³-hybridized carbons (Fsp3) is 0.609. The number of hydrogen-bond acceptors (Lipinski definition) is 6. The van der Waals surface area contributed by atoms with Crippen molar-refractivity contribution in [1.82, 2.24) is 14.8 Å². The molecule has 0 saturated heterocycles. The second kappa shape index (κ2) is 11.1. The number of aliphatic hydroxyl groups excluding tert-OH is 1. The molecule has 0 bridgehead atoms. The molecule has 3 rings (SSSR count). The molecule has 1 aromatic heterocycles. The van der Waals surface area contributed by atoms with Crippen LogP contribution in [0.15, 0.2) is 29.6 Å². The third-order valence-electron chi connectivity index (χ3n) is 5.56. The van der Waals surface area contributed by atoms with Crippen LogP contribution in [0.1, 0.15) is 48.4 Å². The Morgan fingerprint density at radius 1 is 1.21 bits per heavy atom. The van der Waals surface area contributed by atoms with Gasteiger partial charge in [-0.05, 0) is 51.6 Å². The van der Waals surface area contributed by atoms with E-state index in [4.69, 9.17) is 4.74 Å². The molecule has 1 aliphatic rings. The van der Waals surface area contributed by atoms with Gasteiger partial charge in [0.2, 0.25) is 0 Å². The van der Waals surface area contributed by atoms with E-state index in [9.17, 15) is 5.11 Å². The summed E-state index contributed by atoms with van der Waals surface area (Å²) in [5.41, 5.74) is 2.29. The van der Waals surface area contributed by atoms with Gasteiger partial charge in [0.25, 0.3) is 0 Å². The van der Waals surface area contributed by atoms with Crippen LogP contribution in [0.5, 0.6) is 5.75 Å². The zero-order valence-corrected chi connectivity index (χ0v) is 18.8. The Kier molecular flexibility index (Phi) is 8.48. The van der Waals surface area contributed by atoms with E-state index in [0.29, 0.717) is 19.2 Å². The highest BCUT2D eigenvalue weighted by Gasteiger charge is 2.20. The Labute approximate surface area is 179 Å². The molecule has 5 nitrogen and oxygen atoms in total. The first kappa shape index (κ1) is 22.2. The molecule has 1 unspecified atom stereocenters. The van der Waals surface area contributed by atoms with Gasteiger partial charge in [0.15, 0.2) is 0 Å². The molecule has 6 heteroatoms. The number of hydrogen-bond donors (Lipinski definition) is 1. The lowest BCUT2D eigenvalue weighted by Gasteiger charge is -2.32. The van der Waals surface area contributed by atoms with Gasteiger partial charge in [-0.3, -0.25) is 4.90 Å². The van der Waals surface area contributed by atoms with E-state index in [2.05, 4.69) is 46.4 Å². The Balaban J connectivity index is 1.43. The van der Waals surface area contributed by atoms with E-state index in [0.717, 1.165) is 29.5 Å². The van der Waals surface area contributed by atoms with Crippen molar-refractivity contribution in [2.45, 2.75) is 64.3 Å². The van der Waals surface area contributed by atoms with E-state index < -0.39 is 6.10 Å². The van der Waals surface area contributed by atoms with Gasteiger partial charge < -0.3 is 14.7 Å². The second-order valence-electron chi connectivity index (χ2n) is 8.40. The summed E-state index contributed by atoms with van der Waals surface area (Å²) in [7, 11) is 4.23. The molecule has 29 heavy (non-hydrogen) atoms. The number of aryl methyl sites for hydroxylation is 1. The molecule has 1 aliphatic carbocycles. The topological polar surface area (TPSA) is 48.8 Å². The van der Waals surface area contributed by atoms with Crippen molar-refractivity contribution in [2.75, 3.05) is 27.2 Å². The van der Waals surface area contributed by atoms with Gasteiger partial charge in [0, 0.05) is 30.2 Å². The van der Waals surface area contributed by atoms with Crippen molar-refractivity contribution in [3.8, 4) is 5.75 Å². The van der Waals surface area contributed by atoms with Crippen molar-refractivity contribution >= 4 is 11.3 Å². The van der Waals surface area contributed by atoms with E-state index in [1.165, 1.54) is 37.7 Å². The molecular weight excluding hydrogens is 382 g/mol. The molecule has 0 radical (unpaired) electrons. The van der Waals surface area contributed by atoms with Crippen molar-refractivity contribution < 1.29 is 9.84 Å². The molecule has 0 spiro atoms. The fourth-order valence-corrected chi connectivity index (χ4v) is 4.91. The first-order valence-corrected chi connectivity index (χ1v) is 11.6. The minimum atomic E-state index is -0.471. The number of aliphatic hydroxyl groups is 1. The summed E-state index contributed by atoms with van der Waals surface area (Å²) in [6.45, 7) is 4.70. The Bertz CT molecular complexity index is 745. The standard InChI is InChI=1S/C23H35N3O2S/c1-18-17-29-23(24-18)15-25(2)13-19-8-7-11-22(12-19)28-16-21(27)14-26(3)20-9-5-4-6-10-20/h7-8,11-12,17,20-21,27H,4-6,9-10,13-16H2,1-3H3. The summed E-state index contributed by atoms with van der Waals surface area (Å²) in [4.78, 5) is 9.10. The van der Waals surface area contributed by atoms with Crippen LogP contribution in [0.3, 0.4) is 0 Å². The SMILES string of the molecule is Cc1csc(CN(C)Cc2cccc(OCC(O)CN(C)C3CCCCC3)c2)n1. The molecular formula is C23H35N3O2S. The van der Waals surface area contributed by atoms with Gasteiger partial charge in [-0.2, -0.15) is 0 Å². The smallest absolute Gasteiger partial charge is 0.119 e. The van der Waals surface area contributed by atoms with E-state index in [1.54, 1.807) is 11.3 Å². The van der Waals surface area contributed by atoms with Crippen molar-refractivity contribution in [3.05, 3.63) is 45.9 Å². The zero-order chi connectivity index (χ0) is 20.6. The first-order chi connectivity index (χ1) is 14.0. The average molecular weight is 418 g/mol. The number of likely N-dealkylation sites (N-methyl/N-ethyl adjacent to an activating group) is 1. The number of ether oxygens (including phenoxy) is 1. The van der Waals surface area contributed by atoms with Gasteiger partial charge in [0.1, 0.15) is 23.5 Å². The maximum atomic E-state index is 10.4. The molecule has 0 aliphatic heterocycles. The number of nitrogens with zero attached hydrogens (tertiary/aromatic N) is 3. The Morgan fingerprint density at radius 3 is 2.72 bits per heavy atom. The minimum absolute atomic E-state index is 0.328. The third-order valence-corrected chi connectivity index (χ3v) is 6.51. The Morgan fingerprint density at radius 2 is 2.00 bits per heavy atom. The average Bonchev–Trinajstić information content (AvgIpc) is 3.11. The number of aromatic nitrogens is 1. The highest BCUT2D eigenvalue weighted by atomic mass is 32.1. The lowest BCUT2D eigenvalue weighted by Crippen LogP contribution is -2.40. The summed E-state index contributed by atoms with van der Waals surface area (Å²) in [5.74, 6) is 0.820. The summed E-state index contributed by atoms with van der Waals surface area (Å²) < 4.78 is 5.89.